The van der Waals surface area contributed by atoms with Crippen molar-refractivity contribution in [3.8, 4) is 5.75 Å². The fourth-order valence-corrected chi connectivity index (χ4v) is 3.45. The van der Waals surface area contributed by atoms with Gasteiger partial charge in [-0.3, -0.25) is 5.32 Å². The molecule has 0 fully saturated rings. The highest BCUT2D eigenvalue weighted by Gasteiger charge is 2.26. The summed E-state index contributed by atoms with van der Waals surface area (Å²) in [5.74, 6) is -0.0916. The zero-order valence-corrected chi connectivity index (χ0v) is 17.6. The summed E-state index contributed by atoms with van der Waals surface area (Å²) in [6.07, 6.45) is 1.17. The smallest absolute Gasteiger partial charge is 0.412 e. The zero-order valence-electron chi connectivity index (χ0n) is 14.6. The number of rotatable bonds is 7. The van der Waals surface area contributed by atoms with Gasteiger partial charge in [0.1, 0.15) is 11.9 Å². The van der Waals surface area contributed by atoms with Gasteiger partial charge in [0, 0.05) is 26.3 Å². The number of ether oxygens (including phenoxy) is 1. The number of hydrogen-bond acceptors (Lipinski definition) is 5. The van der Waals surface area contributed by atoms with Crippen molar-refractivity contribution in [1.29, 1.82) is 0 Å². The van der Waals surface area contributed by atoms with E-state index in [1.165, 1.54) is 0 Å². The van der Waals surface area contributed by atoms with Crippen molar-refractivity contribution in [2.75, 3.05) is 18.2 Å². The van der Waals surface area contributed by atoms with Gasteiger partial charge in [-0.25, -0.2) is 4.79 Å². The van der Waals surface area contributed by atoms with E-state index in [0.29, 0.717) is 17.7 Å². The first-order chi connectivity index (χ1) is 12.4. The Bertz CT molecular complexity index is 739. The van der Waals surface area contributed by atoms with Crippen LogP contribution in [-0.4, -0.2) is 29.2 Å². The molecule has 0 heterocycles. The largest absolute Gasteiger partial charge is 0.508 e. The van der Waals surface area contributed by atoms with E-state index in [9.17, 15) is 15.0 Å². The second-order valence-electron chi connectivity index (χ2n) is 5.87. The van der Waals surface area contributed by atoms with Gasteiger partial charge in [-0.15, -0.1) is 11.8 Å². The molecule has 26 heavy (non-hydrogen) atoms. The quantitative estimate of drug-likeness (QED) is 0.378. The van der Waals surface area contributed by atoms with E-state index in [1.807, 2.05) is 37.4 Å². The number of carbonyl (C=O) groups excluding carboxylic acids is 1. The number of phenolic OH excluding ortho intramolecular Hbond substituents is 1. The fourth-order valence-electron chi connectivity index (χ4n) is 2.53. The van der Waals surface area contributed by atoms with Gasteiger partial charge in [-0.05, 0) is 83.6 Å². The van der Waals surface area contributed by atoms with Gasteiger partial charge < -0.3 is 14.9 Å². The number of hydrogen-bond donors (Lipinski definition) is 3. The SMILES string of the molecule is CSc1ccc(NC(=O)O[C@H](c2cc(I)ccc2O)[C@@H](C)CCO)cc1. The second-order valence-corrected chi connectivity index (χ2v) is 8.00. The van der Waals surface area contributed by atoms with Crippen LogP contribution in [0.2, 0.25) is 0 Å². The maximum Gasteiger partial charge on any atom is 0.412 e. The average Bonchev–Trinajstić information content (AvgIpc) is 2.62. The van der Waals surface area contributed by atoms with Gasteiger partial charge in [0.2, 0.25) is 0 Å². The molecule has 0 bridgehead atoms. The molecule has 0 aliphatic heterocycles. The maximum atomic E-state index is 12.4. The highest BCUT2D eigenvalue weighted by Crippen LogP contribution is 2.35. The number of benzene rings is 2. The number of aromatic hydroxyl groups is 1. The van der Waals surface area contributed by atoms with Gasteiger partial charge in [0.05, 0.1) is 0 Å². The van der Waals surface area contributed by atoms with Crippen molar-refractivity contribution in [2.24, 2.45) is 5.92 Å². The zero-order chi connectivity index (χ0) is 19.1. The molecule has 5 nitrogen and oxygen atoms in total. The summed E-state index contributed by atoms with van der Waals surface area (Å²) in [7, 11) is 0. The number of nitrogens with one attached hydrogen (secondary N) is 1. The van der Waals surface area contributed by atoms with E-state index >= 15 is 0 Å². The van der Waals surface area contributed by atoms with Crippen LogP contribution in [0.15, 0.2) is 47.4 Å². The van der Waals surface area contributed by atoms with Crippen LogP contribution in [0.25, 0.3) is 0 Å². The number of aliphatic hydroxyl groups excluding tert-OH is 1. The topological polar surface area (TPSA) is 78.8 Å². The minimum atomic E-state index is -0.665. The van der Waals surface area contributed by atoms with E-state index in [2.05, 4.69) is 27.9 Å². The summed E-state index contributed by atoms with van der Waals surface area (Å²) in [6.45, 7) is 1.85. The normalized spacial score (nSPS) is 13.1. The summed E-state index contributed by atoms with van der Waals surface area (Å²) >= 11 is 3.76. The molecule has 0 aliphatic carbocycles. The third kappa shape index (κ3) is 5.78. The third-order valence-corrected chi connectivity index (χ3v) is 5.38. The van der Waals surface area contributed by atoms with E-state index in [0.717, 1.165) is 8.47 Å². The number of thioether (sulfide) groups is 1. The number of amides is 1. The lowest BCUT2D eigenvalue weighted by Crippen LogP contribution is -2.22. The Hall–Kier alpha value is -1.45. The Morgan fingerprint density at radius 1 is 1.27 bits per heavy atom. The first-order valence-electron chi connectivity index (χ1n) is 8.15. The predicted molar refractivity (Wildman–Crippen MR) is 113 cm³/mol. The lowest BCUT2D eigenvalue weighted by atomic mass is 9.94. The molecule has 0 aliphatic rings. The van der Waals surface area contributed by atoms with Crippen LogP contribution >= 0.6 is 34.4 Å². The minimum Gasteiger partial charge on any atom is -0.508 e. The highest BCUT2D eigenvalue weighted by molar-refractivity contribution is 14.1. The first kappa shape index (κ1) is 20.9. The van der Waals surface area contributed by atoms with Crippen molar-refractivity contribution in [3.05, 3.63) is 51.6 Å². The monoisotopic (exact) mass is 487 g/mol. The molecule has 0 radical (unpaired) electrons. The number of aliphatic hydroxyl groups is 1. The molecular weight excluding hydrogens is 465 g/mol. The summed E-state index contributed by atoms with van der Waals surface area (Å²) in [6, 6.07) is 12.6. The van der Waals surface area contributed by atoms with Gasteiger partial charge in [-0.1, -0.05) is 6.92 Å². The number of phenols is 1. The predicted octanol–water partition coefficient (Wildman–Crippen LogP) is 5.03. The Morgan fingerprint density at radius 3 is 2.58 bits per heavy atom. The molecule has 2 aromatic rings. The molecule has 140 valence electrons. The number of halogens is 1. The van der Waals surface area contributed by atoms with Gasteiger partial charge in [0.25, 0.3) is 0 Å². The summed E-state index contributed by atoms with van der Waals surface area (Å²) in [5.41, 5.74) is 1.17. The van der Waals surface area contributed by atoms with Crippen LogP contribution in [0.4, 0.5) is 10.5 Å². The van der Waals surface area contributed by atoms with Crippen LogP contribution in [0, 0.1) is 9.49 Å². The molecule has 2 atom stereocenters. The Morgan fingerprint density at radius 2 is 1.96 bits per heavy atom. The molecule has 0 unspecified atom stereocenters. The second kappa shape index (κ2) is 10.0. The lowest BCUT2D eigenvalue weighted by Gasteiger charge is -2.25. The Kier molecular flexibility index (Phi) is 8.05. The van der Waals surface area contributed by atoms with Gasteiger partial charge in [0.15, 0.2) is 0 Å². The molecular formula is C19H22INO4S. The van der Waals surface area contributed by atoms with Gasteiger partial charge >= 0.3 is 6.09 Å². The van der Waals surface area contributed by atoms with Crippen molar-refractivity contribution in [3.63, 3.8) is 0 Å². The Balaban J connectivity index is 2.17. The molecule has 2 rings (SSSR count). The highest BCUT2D eigenvalue weighted by atomic mass is 127. The van der Waals surface area contributed by atoms with Crippen molar-refractivity contribution in [1.82, 2.24) is 0 Å². The molecule has 7 heteroatoms. The van der Waals surface area contributed by atoms with Crippen LogP contribution in [-0.2, 0) is 4.74 Å². The maximum absolute atomic E-state index is 12.4. The molecule has 0 saturated carbocycles. The van der Waals surface area contributed by atoms with E-state index in [4.69, 9.17) is 4.74 Å². The molecule has 1 amide bonds. The van der Waals surface area contributed by atoms with Crippen LogP contribution in [0.1, 0.15) is 25.0 Å². The Labute approximate surface area is 171 Å². The van der Waals surface area contributed by atoms with Gasteiger partial charge in [-0.2, -0.15) is 0 Å². The molecule has 0 saturated heterocycles. The first-order valence-corrected chi connectivity index (χ1v) is 10.5. The van der Waals surface area contributed by atoms with Crippen LogP contribution in [0.5, 0.6) is 5.75 Å². The van der Waals surface area contributed by atoms with Crippen LogP contribution < -0.4 is 5.32 Å². The molecule has 0 aromatic heterocycles. The lowest BCUT2D eigenvalue weighted by molar-refractivity contribution is 0.0652. The average molecular weight is 487 g/mol. The van der Waals surface area contributed by atoms with Crippen molar-refractivity contribution in [2.45, 2.75) is 24.3 Å². The van der Waals surface area contributed by atoms with E-state index in [-0.39, 0.29) is 18.3 Å². The molecule has 2 aromatic carbocycles. The number of anilines is 1. The summed E-state index contributed by atoms with van der Waals surface area (Å²) in [4.78, 5) is 13.5. The van der Waals surface area contributed by atoms with Crippen molar-refractivity contribution < 1.29 is 19.7 Å². The summed E-state index contributed by atoms with van der Waals surface area (Å²) < 4.78 is 6.54. The summed E-state index contributed by atoms with van der Waals surface area (Å²) in [5, 5.41) is 22.2. The van der Waals surface area contributed by atoms with E-state index < -0.39 is 12.2 Å². The standard InChI is InChI=1S/C19H22INO4S/c1-12(9-10-22)18(16-11-13(20)3-8-17(16)23)25-19(24)21-14-4-6-15(26-2)7-5-14/h3-8,11-12,18,22-23H,9-10H2,1-2H3,(H,21,24)/t12-,18-/m0/s1. The molecule has 3 N–H and O–H groups in total. The third-order valence-electron chi connectivity index (χ3n) is 3.97. The van der Waals surface area contributed by atoms with Crippen LogP contribution in [0.3, 0.4) is 0 Å². The molecule has 0 spiro atoms. The van der Waals surface area contributed by atoms with Crippen molar-refractivity contribution >= 4 is 46.1 Å². The number of carbonyl (C=O) groups is 1. The van der Waals surface area contributed by atoms with E-state index in [1.54, 1.807) is 30.0 Å². The minimum absolute atomic E-state index is 0.0243. The fraction of sp³-hybridized carbons (Fsp3) is 0.316.